The average Bonchev–Trinajstić information content (AvgIpc) is 2.29. The maximum Gasteiger partial charge on any atom is 0.317 e. The number of rotatable bonds is 4. The normalized spacial score (nSPS) is 18.2. The van der Waals surface area contributed by atoms with Gasteiger partial charge in [-0.05, 0) is 19.8 Å². The quantitative estimate of drug-likeness (QED) is 0.645. The fraction of sp³-hybridized carbons (Fsp3) is 0.727. The minimum atomic E-state index is -0.823. The van der Waals surface area contributed by atoms with E-state index in [0.717, 1.165) is 0 Å². The molecule has 7 nitrogen and oxygen atoms in total. The number of carbonyl (C=O) groups excluding carboxylic acids is 2. The molecule has 0 atom stereocenters. The van der Waals surface area contributed by atoms with E-state index in [-0.39, 0.29) is 19.0 Å². The van der Waals surface area contributed by atoms with Gasteiger partial charge in [0.25, 0.3) is 0 Å². The molecule has 0 spiro atoms. The number of likely N-dealkylation sites (tertiary alicyclic amines) is 1. The van der Waals surface area contributed by atoms with Crippen LogP contribution in [0.3, 0.4) is 0 Å². The van der Waals surface area contributed by atoms with E-state index in [1.807, 2.05) is 0 Å². The molecule has 0 aromatic carbocycles. The molecule has 0 radical (unpaired) electrons. The first kappa shape index (κ1) is 14.3. The molecule has 0 aliphatic carbocycles. The molecule has 1 fully saturated rings. The molecule has 1 aliphatic heterocycles. The molecule has 7 heteroatoms. The van der Waals surface area contributed by atoms with E-state index in [2.05, 4.69) is 5.32 Å². The lowest BCUT2D eigenvalue weighted by molar-refractivity contribution is -0.150. The first-order valence-corrected chi connectivity index (χ1v) is 5.89. The zero-order chi connectivity index (χ0) is 13.8. The van der Waals surface area contributed by atoms with Gasteiger partial charge in [0, 0.05) is 26.1 Å². The lowest BCUT2D eigenvalue weighted by Gasteiger charge is -2.36. The summed E-state index contributed by atoms with van der Waals surface area (Å²) in [5.41, 5.74) is 4.21. The van der Waals surface area contributed by atoms with Crippen LogP contribution in [0.15, 0.2) is 0 Å². The van der Waals surface area contributed by atoms with Gasteiger partial charge in [-0.3, -0.25) is 9.59 Å². The van der Waals surface area contributed by atoms with Crippen LogP contribution >= 0.6 is 0 Å². The van der Waals surface area contributed by atoms with Crippen LogP contribution in [0.2, 0.25) is 0 Å². The third kappa shape index (κ3) is 3.61. The summed E-state index contributed by atoms with van der Waals surface area (Å²) in [6.45, 7) is 2.72. The van der Waals surface area contributed by atoms with Crippen molar-refractivity contribution < 1.29 is 19.5 Å². The number of carboxylic acids is 1. The molecular weight excluding hydrogens is 238 g/mol. The largest absolute Gasteiger partial charge is 0.481 e. The Bertz CT molecular complexity index is 348. The van der Waals surface area contributed by atoms with Gasteiger partial charge >= 0.3 is 12.0 Å². The zero-order valence-electron chi connectivity index (χ0n) is 10.4. The van der Waals surface area contributed by atoms with Crippen LogP contribution in [0.1, 0.15) is 26.2 Å². The number of piperidine rings is 1. The van der Waals surface area contributed by atoms with Gasteiger partial charge in [-0.15, -0.1) is 0 Å². The Morgan fingerprint density at radius 3 is 2.33 bits per heavy atom. The monoisotopic (exact) mass is 257 g/mol. The van der Waals surface area contributed by atoms with Crippen molar-refractivity contribution in [1.82, 2.24) is 10.2 Å². The van der Waals surface area contributed by atoms with Gasteiger partial charge in [-0.25, -0.2) is 4.79 Å². The number of urea groups is 1. The molecule has 1 rings (SSSR count). The summed E-state index contributed by atoms with van der Waals surface area (Å²) in [7, 11) is 0. The van der Waals surface area contributed by atoms with E-state index in [0.29, 0.717) is 25.9 Å². The highest BCUT2D eigenvalue weighted by atomic mass is 16.4. The van der Waals surface area contributed by atoms with Crippen LogP contribution in [0, 0.1) is 5.41 Å². The number of nitrogens with two attached hydrogens (primary N) is 1. The molecular formula is C11H19N3O4. The van der Waals surface area contributed by atoms with E-state index < -0.39 is 17.3 Å². The van der Waals surface area contributed by atoms with E-state index in [9.17, 15) is 14.4 Å². The van der Waals surface area contributed by atoms with Crippen LogP contribution < -0.4 is 11.1 Å². The number of hydrogen-bond donors (Lipinski definition) is 3. The number of primary amides is 1. The highest BCUT2D eigenvalue weighted by Gasteiger charge is 2.37. The Kier molecular flexibility index (Phi) is 4.52. The molecule has 18 heavy (non-hydrogen) atoms. The number of aliphatic carboxylic acids is 1. The molecule has 3 amide bonds. The third-order valence-corrected chi connectivity index (χ3v) is 3.32. The van der Waals surface area contributed by atoms with Gasteiger partial charge < -0.3 is 21.1 Å². The number of carboxylic acid groups (broad SMARTS) is 1. The lowest BCUT2D eigenvalue weighted by atomic mass is 9.80. The van der Waals surface area contributed by atoms with Crippen molar-refractivity contribution in [1.29, 1.82) is 0 Å². The molecule has 0 saturated carbocycles. The summed E-state index contributed by atoms with van der Waals surface area (Å²) < 4.78 is 0. The van der Waals surface area contributed by atoms with Crippen LogP contribution in [-0.2, 0) is 9.59 Å². The molecule has 1 aliphatic rings. The van der Waals surface area contributed by atoms with Gasteiger partial charge in [-0.1, -0.05) is 0 Å². The van der Waals surface area contributed by atoms with Crippen molar-refractivity contribution >= 4 is 17.9 Å². The second-order valence-electron chi connectivity index (χ2n) is 4.80. The average molecular weight is 257 g/mol. The van der Waals surface area contributed by atoms with Gasteiger partial charge in [0.05, 0.1) is 5.41 Å². The fourth-order valence-electron chi connectivity index (χ4n) is 1.82. The summed E-state index contributed by atoms with van der Waals surface area (Å²) >= 11 is 0. The topological polar surface area (TPSA) is 113 Å². The first-order valence-electron chi connectivity index (χ1n) is 5.89. The van der Waals surface area contributed by atoms with Gasteiger partial charge in [0.2, 0.25) is 5.91 Å². The summed E-state index contributed by atoms with van der Waals surface area (Å²) in [6, 6.07) is -0.274. The Labute approximate surface area is 105 Å². The maximum atomic E-state index is 11.7. The predicted octanol–water partition coefficient (Wildman–Crippen LogP) is -0.242. The van der Waals surface area contributed by atoms with Crippen LogP contribution in [0.5, 0.6) is 0 Å². The predicted molar refractivity (Wildman–Crippen MR) is 63.8 cm³/mol. The van der Waals surface area contributed by atoms with Crippen molar-refractivity contribution in [2.45, 2.75) is 26.2 Å². The van der Waals surface area contributed by atoms with Gasteiger partial charge in [0.15, 0.2) is 0 Å². The van der Waals surface area contributed by atoms with E-state index in [1.54, 1.807) is 11.8 Å². The standard InChI is InChI=1S/C11H19N3O4/c1-11(9(16)17)3-6-14(7-4-11)10(18)13-5-2-8(12)15/h2-7H2,1H3,(H2,12,15)(H,13,18)(H,16,17). The van der Waals surface area contributed by atoms with Crippen molar-refractivity contribution in [3.05, 3.63) is 0 Å². The van der Waals surface area contributed by atoms with Gasteiger partial charge in [-0.2, -0.15) is 0 Å². The summed E-state index contributed by atoms with van der Waals surface area (Å²) in [6.07, 6.45) is 0.976. The highest BCUT2D eigenvalue weighted by molar-refractivity contribution is 5.78. The Morgan fingerprint density at radius 2 is 1.89 bits per heavy atom. The Balaban J connectivity index is 2.36. The van der Waals surface area contributed by atoms with E-state index >= 15 is 0 Å². The SMILES string of the molecule is CC1(C(=O)O)CCN(C(=O)NCCC(N)=O)CC1. The van der Waals surface area contributed by atoms with Crippen molar-refractivity contribution in [3.8, 4) is 0 Å². The molecule has 4 N–H and O–H groups in total. The molecule has 0 aromatic heterocycles. The van der Waals surface area contributed by atoms with Crippen molar-refractivity contribution in [3.63, 3.8) is 0 Å². The summed E-state index contributed by atoms with van der Waals surface area (Å²) in [5, 5.41) is 11.6. The summed E-state index contributed by atoms with van der Waals surface area (Å²) in [5.74, 6) is -1.29. The van der Waals surface area contributed by atoms with Crippen molar-refractivity contribution in [2.24, 2.45) is 11.1 Å². The second kappa shape index (κ2) is 5.70. The molecule has 1 saturated heterocycles. The van der Waals surface area contributed by atoms with E-state index in [1.165, 1.54) is 0 Å². The molecule has 0 aromatic rings. The minimum Gasteiger partial charge on any atom is -0.481 e. The maximum absolute atomic E-state index is 11.7. The Hall–Kier alpha value is -1.79. The number of hydrogen-bond acceptors (Lipinski definition) is 3. The van der Waals surface area contributed by atoms with E-state index in [4.69, 9.17) is 10.8 Å². The molecule has 1 heterocycles. The molecule has 0 unspecified atom stereocenters. The van der Waals surface area contributed by atoms with Gasteiger partial charge in [0.1, 0.15) is 0 Å². The van der Waals surface area contributed by atoms with Crippen LogP contribution in [0.25, 0.3) is 0 Å². The Morgan fingerprint density at radius 1 is 1.33 bits per heavy atom. The number of amides is 3. The number of nitrogens with one attached hydrogen (secondary N) is 1. The lowest BCUT2D eigenvalue weighted by Crippen LogP contribution is -2.49. The first-order chi connectivity index (χ1) is 8.35. The highest BCUT2D eigenvalue weighted by Crippen LogP contribution is 2.30. The van der Waals surface area contributed by atoms with Crippen molar-refractivity contribution in [2.75, 3.05) is 19.6 Å². The fourth-order valence-corrected chi connectivity index (χ4v) is 1.82. The molecule has 102 valence electrons. The zero-order valence-corrected chi connectivity index (χ0v) is 10.4. The third-order valence-electron chi connectivity index (χ3n) is 3.32. The minimum absolute atomic E-state index is 0.104. The number of carbonyl (C=O) groups is 3. The second-order valence-corrected chi connectivity index (χ2v) is 4.80. The van der Waals surface area contributed by atoms with Crippen LogP contribution in [-0.4, -0.2) is 47.5 Å². The van der Waals surface area contributed by atoms with Crippen LogP contribution in [0.4, 0.5) is 4.79 Å². The summed E-state index contributed by atoms with van der Waals surface area (Å²) in [4.78, 5) is 34.8. The number of nitrogens with zero attached hydrogens (tertiary/aromatic N) is 1. The molecule has 0 bridgehead atoms. The smallest absolute Gasteiger partial charge is 0.317 e.